The van der Waals surface area contributed by atoms with Gasteiger partial charge in [-0.25, -0.2) is 4.39 Å². The van der Waals surface area contributed by atoms with E-state index in [0.29, 0.717) is 11.8 Å². The highest BCUT2D eigenvalue weighted by Gasteiger charge is 2.25. The van der Waals surface area contributed by atoms with Gasteiger partial charge in [0.25, 0.3) is 0 Å². The molecule has 2 heterocycles. The number of hydrogen-bond donors (Lipinski definition) is 0. The molecule has 2 fully saturated rings. The zero-order valence-electron chi connectivity index (χ0n) is 18.6. The van der Waals surface area contributed by atoms with Crippen molar-refractivity contribution in [2.24, 2.45) is 5.92 Å². The first-order valence-electron chi connectivity index (χ1n) is 10.2. The Morgan fingerprint density at radius 1 is 1.13 bits per heavy atom. The monoisotopic (exact) mass is 436 g/mol. The van der Waals surface area contributed by atoms with Gasteiger partial charge in [-0.15, -0.1) is 0 Å². The second kappa shape index (κ2) is 14.2. The molecule has 0 bridgehead atoms. The second-order valence-corrected chi connectivity index (χ2v) is 7.40. The Bertz CT molecular complexity index is 727. The van der Waals surface area contributed by atoms with Crippen LogP contribution < -0.4 is 9.64 Å². The molecule has 0 radical (unpaired) electrons. The number of carbonyl (C=O) groups excluding carboxylic acids is 2. The predicted octanol–water partition coefficient (Wildman–Crippen LogP) is 3.09. The van der Waals surface area contributed by atoms with Crippen molar-refractivity contribution < 1.29 is 23.2 Å². The lowest BCUT2D eigenvalue weighted by atomic mass is 10.2. The van der Waals surface area contributed by atoms with Gasteiger partial charge in [0, 0.05) is 39.5 Å². The van der Waals surface area contributed by atoms with Gasteiger partial charge in [-0.2, -0.15) is 4.98 Å². The number of rotatable bonds is 5. The first kappa shape index (κ1) is 26.2. The molecule has 2 aliphatic rings. The minimum atomic E-state index is -1.24. The third-order valence-electron chi connectivity index (χ3n) is 4.72. The fourth-order valence-corrected chi connectivity index (χ4v) is 2.84. The zero-order chi connectivity index (χ0) is 23.2. The molecular formula is C22H33FN4O4. The molecular weight excluding hydrogens is 403 g/mol. The molecule has 1 unspecified atom stereocenters. The number of benzene rings is 1. The molecule has 172 valence electrons. The van der Waals surface area contributed by atoms with Crippen LogP contribution in [0.1, 0.15) is 31.2 Å². The largest absolute Gasteiger partial charge is 0.461 e. The topological polar surface area (TPSA) is 88.8 Å². The summed E-state index contributed by atoms with van der Waals surface area (Å²) >= 11 is 0. The average molecular weight is 437 g/mol. The van der Waals surface area contributed by atoms with Crippen molar-refractivity contribution in [3.8, 4) is 5.75 Å². The number of nitrogens with zero attached hydrogens (tertiary/aromatic N) is 4. The number of hydrogen-bond acceptors (Lipinski definition) is 8. The van der Waals surface area contributed by atoms with Crippen molar-refractivity contribution in [2.45, 2.75) is 39.5 Å². The minimum Gasteiger partial charge on any atom is -0.461 e. The summed E-state index contributed by atoms with van der Waals surface area (Å²) < 4.78 is 22.4. The van der Waals surface area contributed by atoms with E-state index < -0.39 is 6.36 Å². The summed E-state index contributed by atoms with van der Waals surface area (Å²) in [4.78, 5) is 25.0. The molecule has 1 aromatic carbocycles. The summed E-state index contributed by atoms with van der Waals surface area (Å²) in [6, 6.07) is 8.00. The maximum atomic E-state index is 12.3. The van der Waals surface area contributed by atoms with Crippen molar-refractivity contribution in [1.82, 2.24) is 15.0 Å². The van der Waals surface area contributed by atoms with Gasteiger partial charge in [0.05, 0.1) is 0 Å². The number of carbonyl (C=O) groups is 2. The van der Waals surface area contributed by atoms with E-state index in [-0.39, 0.29) is 0 Å². The molecule has 0 spiro atoms. The molecule has 1 aliphatic carbocycles. The van der Waals surface area contributed by atoms with Crippen LogP contribution in [0.4, 0.5) is 10.4 Å². The van der Waals surface area contributed by atoms with Crippen molar-refractivity contribution >= 4 is 19.6 Å². The standard InChI is InChI=1S/C11H18N4O.C9H11FO.2CH2O/c1-14-4-6-15(7-5-14)11-12-10(13-16-11)8-9-2-3-9;1-7-3-5-9(6-4-7)11-8(2)10;2*1-2/h9H,2-8H2,1H3;3-6,8H,1-2H3;2*1H2. The average Bonchev–Trinajstić information content (AvgIpc) is 3.48. The molecule has 0 N–H and O–H groups in total. The van der Waals surface area contributed by atoms with E-state index in [1.165, 1.54) is 19.8 Å². The third-order valence-corrected chi connectivity index (χ3v) is 4.72. The number of likely N-dealkylation sites (N-methyl/N-ethyl adjacent to an activating group) is 1. The highest BCUT2D eigenvalue weighted by molar-refractivity contribution is 5.26. The molecule has 2 aromatic rings. The molecule has 1 atom stereocenters. The van der Waals surface area contributed by atoms with E-state index in [4.69, 9.17) is 18.8 Å². The quantitative estimate of drug-likeness (QED) is 0.707. The summed E-state index contributed by atoms with van der Waals surface area (Å²) in [6.45, 7) is 11.5. The maximum Gasteiger partial charge on any atom is 0.324 e. The number of halogens is 1. The van der Waals surface area contributed by atoms with Crippen LogP contribution in [0.3, 0.4) is 0 Å². The highest BCUT2D eigenvalue weighted by atomic mass is 19.1. The lowest BCUT2D eigenvalue weighted by Crippen LogP contribution is -2.44. The van der Waals surface area contributed by atoms with Gasteiger partial charge in [-0.1, -0.05) is 22.9 Å². The highest BCUT2D eigenvalue weighted by Crippen LogP contribution is 2.32. The summed E-state index contributed by atoms with van der Waals surface area (Å²) in [5, 5.41) is 4.05. The molecule has 1 saturated carbocycles. The van der Waals surface area contributed by atoms with Crippen LogP contribution in [0.5, 0.6) is 5.75 Å². The predicted molar refractivity (Wildman–Crippen MR) is 117 cm³/mol. The third kappa shape index (κ3) is 10.2. The van der Waals surface area contributed by atoms with Gasteiger partial charge >= 0.3 is 6.01 Å². The van der Waals surface area contributed by atoms with E-state index >= 15 is 0 Å². The van der Waals surface area contributed by atoms with Gasteiger partial charge in [-0.3, -0.25) is 0 Å². The van der Waals surface area contributed by atoms with E-state index in [9.17, 15) is 4.39 Å². The normalized spacial score (nSPS) is 16.5. The summed E-state index contributed by atoms with van der Waals surface area (Å²) in [6.07, 6.45) is 2.42. The summed E-state index contributed by atoms with van der Waals surface area (Å²) in [5.41, 5.74) is 1.14. The summed E-state index contributed by atoms with van der Waals surface area (Å²) in [7, 11) is 2.14. The Balaban J connectivity index is 0.000000282. The Labute approximate surface area is 183 Å². The Morgan fingerprint density at radius 2 is 1.71 bits per heavy atom. The Hall–Kier alpha value is -2.81. The fourth-order valence-electron chi connectivity index (χ4n) is 2.84. The smallest absolute Gasteiger partial charge is 0.324 e. The van der Waals surface area contributed by atoms with Crippen LogP contribution in [0, 0.1) is 12.8 Å². The van der Waals surface area contributed by atoms with Crippen LogP contribution in [-0.2, 0) is 16.0 Å². The first-order valence-corrected chi connectivity index (χ1v) is 10.2. The maximum absolute atomic E-state index is 12.3. The number of piperazine rings is 1. The SMILES string of the molecule is C=O.C=O.CN1CCN(c2nc(CC3CC3)no2)CC1.Cc1ccc(OC(C)F)cc1. The molecule has 31 heavy (non-hydrogen) atoms. The van der Waals surface area contributed by atoms with Crippen molar-refractivity contribution in [2.75, 3.05) is 38.1 Å². The number of ether oxygens (including phenoxy) is 1. The molecule has 9 heteroatoms. The van der Waals surface area contributed by atoms with Gasteiger partial charge in [0.15, 0.2) is 5.82 Å². The minimum absolute atomic E-state index is 0.575. The number of alkyl halides is 1. The second-order valence-electron chi connectivity index (χ2n) is 7.40. The molecule has 8 nitrogen and oxygen atoms in total. The number of anilines is 1. The Kier molecular flexibility index (Phi) is 12.0. The van der Waals surface area contributed by atoms with Gasteiger partial charge in [0.2, 0.25) is 6.36 Å². The van der Waals surface area contributed by atoms with E-state index in [1.54, 1.807) is 12.1 Å². The number of aromatic nitrogens is 2. The molecule has 4 rings (SSSR count). The van der Waals surface area contributed by atoms with Crippen molar-refractivity contribution in [3.05, 3.63) is 35.7 Å². The van der Waals surface area contributed by atoms with Crippen LogP contribution in [0.25, 0.3) is 0 Å². The molecule has 1 aromatic heterocycles. The van der Waals surface area contributed by atoms with Gasteiger partial charge < -0.3 is 28.6 Å². The van der Waals surface area contributed by atoms with Crippen LogP contribution in [0.15, 0.2) is 28.8 Å². The van der Waals surface area contributed by atoms with Crippen molar-refractivity contribution in [1.29, 1.82) is 0 Å². The first-order chi connectivity index (χ1) is 15.0. The van der Waals surface area contributed by atoms with Gasteiger partial charge in [0.1, 0.15) is 19.3 Å². The molecule has 1 saturated heterocycles. The lowest BCUT2D eigenvalue weighted by molar-refractivity contribution is -0.0987. The van der Waals surface area contributed by atoms with E-state index in [1.807, 2.05) is 32.6 Å². The van der Waals surface area contributed by atoms with Crippen LogP contribution in [0.2, 0.25) is 0 Å². The molecule has 0 amide bonds. The molecule has 1 aliphatic heterocycles. The van der Waals surface area contributed by atoms with Crippen LogP contribution >= 0.6 is 0 Å². The summed E-state index contributed by atoms with van der Waals surface area (Å²) in [5.74, 6) is 2.28. The van der Waals surface area contributed by atoms with Crippen LogP contribution in [-0.4, -0.2) is 68.2 Å². The Morgan fingerprint density at radius 3 is 2.23 bits per heavy atom. The van der Waals surface area contributed by atoms with E-state index in [2.05, 4.69) is 27.0 Å². The van der Waals surface area contributed by atoms with Crippen molar-refractivity contribution in [3.63, 3.8) is 0 Å². The van der Waals surface area contributed by atoms with E-state index in [0.717, 1.165) is 49.9 Å². The zero-order valence-corrected chi connectivity index (χ0v) is 18.6. The fraction of sp³-hybridized carbons (Fsp3) is 0.545. The van der Waals surface area contributed by atoms with Gasteiger partial charge in [-0.05, 0) is 44.9 Å². The lowest BCUT2D eigenvalue weighted by Gasteiger charge is -2.30. The number of aryl methyl sites for hydroxylation is 1.